The fourth-order valence-electron chi connectivity index (χ4n) is 0. The summed E-state index contributed by atoms with van der Waals surface area (Å²) in [5.74, 6) is 0. The van der Waals surface area contributed by atoms with Gasteiger partial charge in [0, 0.05) is 0 Å². The van der Waals surface area contributed by atoms with E-state index < -0.39 is 0 Å². The molecule has 0 saturated heterocycles. The summed E-state index contributed by atoms with van der Waals surface area (Å²) in [5.41, 5.74) is 0. The SMILES string of the molecule is C=CC.[CsH]. The van der Waals surface area contributed by atoms with E-state index in [-0.39, 0.29) is 68.9 Å². The Kier molecular flexibility index (Phi) is 20.4. The van der Waals surface area contributed by atoms with E-state index in [4.69, 9.17) is 0 Å². The van der Waals surface area contributed by atoms with Gasteiger partial charge in [0.2, 0.25) is 0 Å². The van der Waals surface area contributed by atoms with Crippen molar-refractivity contribution in [1.29, 1.82) is 0 Å². The summed E-state index contributed by atoms with van der Waals surface area (Å²) < 4.78 is 0. The first-order valence-electron chi connectivity index (χ1n) is 0.986. The van der Waals surface area contributed by atoms with Gasteiger partial charge in [-0.3, -0.25) is 0 Å². The van der Waals surface area contributed by atoms with Gasteiger partial charge in [0.05, 0.1) is 0 Å². The van der Waals surface area contributed by atoms with Crippen LogP contribution < -0.4 is 0 Å². The molecule has 0 fully saturated rings. The van der Waals surface area contributed by atoms with Crippen LogP contribution in [0.15, 0.2) is 12.7 Å². The Morgan fingerprint density at radius 1 is 1.75 bits per heavy atom. The molecule has 0 heterocycles. The van der Waals surface area contributed by atoms with Crippen molar-refractivity contribution in [2.45, 2.75) is 6.92 Å². The summed E-state index contributed by atoms with van der Waals surface area (Å²) in [6.07, 6.45) is 1.75. The Labute approximate surface area is 86.1 Å². The third kappa shape index (κ3) is 9.21. The second kappa shape index (κ2) is 8.84. The molecule has 0 aliphatic rings. The molecule has 0 radical (unpaired) electrons. The summed E-state index contributed by atoms with van der Waals surface area (Å²) in [6, 6.07) is 0. The van der Waals surface area contributed by atoms with Crippen LogP contribution in [0.2, 0.25) is 0 Å². The minimum absolute atomic E-state index is 0. The van der Waals surface area contributed by atoms with Gasteiger partial charge in [-0.1, -0.05) is 6.08 Å². The first-order valence-corrected chi connectivity index (χ1v) is 0.986. The van der Waals surface area contributed by atoms with E-state index in [9.17, 15) is 0 Å². The molecule has 0 N–H and O–H groups in total. The topological polar surface area (TPSA) is 0 Å². The van der Waals surface area contributed by atoms with E-state index in [1.807, 2.05) is 6.92 Å². The monoisotopic (exact) mass is 176 g/mol. The maximum atomic E-state index is 3.36. The van der Waals surface area contributed by atoms with Crippen molar-refractivity contribution in [2.24, 2.45) is 0 Å². The molecular formula is C3H7Cs. The van der Waals surface area contributed by atoms with E-state index in [0.29, 0.717) is 0 Å². The predicted molar refractivity (Wildman–Crippen MR) is 23.0 cm³/mol. The molecule has 0 aliphatic carbocycles. The number of allylic oxidation sites excluding steroid dienone is 1. The summed E-state index contributed by atoms with van der Waals surface area (Å²) in [6.45, 7) is 5.25. The molecule has 0 saturated carbocycles. The Hall–Kier alpha value is 1.79. The molecule has 0 aliphatic heterocycles. The standard InChI is InChI=1S/C3H6.Cs.H/c1-3-2;;/h3H,1H2,2H3;;. The number of hydrogen-bond acceptors (Lipinski definition) is 0. The van der Waals surface area contributed by atoms with Crippen LogP contribution in [0.5, 0.6) is 0 Å². The summed E-state index contributed by atoms with van der Waals surface area (Å²) in [5, 5.41) is 0. The fraction of sp³-hybridized carbons (Fsp3) is 0.333. The van der Waals surface area contributed by atoms with Crippen LogP contribution in [0, 0.1) is 0 Å². The van der Waals surface area contributed by atoms with Crippen molar-refractivity contribution >= 4 is 68.9 Å². The third-order valence-corrected chi connectivity index (χ3v) is 0. The van der Waals surface area contributed by atoms with Gasteiger partial charge < -0.3 is 0 Å². The van der Waals surface area contributed by atoms with E-state index in [2.05, 4.69) is 6.58 Å². The molecule has 0 atom stereocenters. The van der Waals surface area contributed by atoms with E-state index in [1.54, 1.807) is 6.08 Å². The molecule has 4 heavy (non-hydrogen) atoms. The minimum atomic E-state index is 0. The molecule has 0 amide bonds. The number of hydrogen-bond donors (Lipinski definition) is 0. The van der Waals surface area contributed by atoms with Crippen LogP contribution in [-0.4, -0.2) is 68.9 Å². The zero-order valence-electron chi connectivity index (χ0n) is 2.28. The molecule has 0 unspecified atom stereocenters. The van der Waals surface area contributed by atoms with Crippen LogP contribution in [0.1, 0.15) is 6.92 Å². The Morgan fingerprint density at radius 3 is 1.75 bits per heavy atom. The van der Waals surface area contributed by atoms with Crippen LogP contribution in [-0.2, 0) is 0 Å². The Balaban J connectivity index is 0. The first kappa shape index (κ1) is 9.25. The predicted octanol–water partition coefficient (Wildman–Crippen LogP) is 0.544. The summed E-state index contributed by atoms with van der Waals surface area (Å²) in [7, 11) is 0. The van der Waals surface area contributed by atoms with Gasteiger partial charge in [0.15, 0.2) is 0 Å². The average Bonchev–Trinajstić information content (AvgIpc) is 0.918. The second-order valence-corrected chi connectivity index (χ2v) is 0.408. The number of rotatable bonds is 0. The van der Waals surface area contributed by atoms with Crippen molar-refractivity contribution in [2.75, 3.05) is 0 Å². The molecule has 1 heteroatoms. The molecule has 0 aromatic carbocycles. The van der Waals surface area contributed by atoms with Gasteiger partial charge in [-0.05, 0) is 6.92 Å². The van der Waals surface area contributed by atoms with Crippen LogP contribution in [0.4, 0.5) is 0 Å². The maximum absolute atomic E-state index is 3.36. The summed E-state index contributed by atoms with van der Waals surface area (Å²) in [4.78, 5) is 0. The van der Waals surface area contributed by atoms with E-state index in [0.717, 1.165) is 0 Å². The third-order valence-electron chi connectivity index (χ3n) is 0. The molecule has 0 rings (SSSR count). The zero-order chi connectivity index (χ0) is 2.71. The first-order chi connectivity index (χ1) is 1.41. The van der Waals surface area contributed by atoms with Gasteiger partial charge in [0.1, 0.15) is 0 Å². The van der Waals surface area contributed by atoms with E-state index >= 15 is 0 Å². The molecule has 0 nitrogen and oxygen atoms in total. The Bertz CT molecular complexity index is 10.8. The molecular weight excluding hydrogens is 169 g/mol. The zero-order valence-corrected chi connectivity index (χ0v) is 2.28. The van der Waals surface area contributed by atoms with Gasteiger partial charge in [-0.15, -0.1) is 6.58 Å². The van der Waals surface area contributed by atoms with Crippen LogP contribution in [0.3, 0.4) is 0 Å². The molecule has 0 spiro atoms. The Morgan fingerprint density at radius 2 is 1.75 bits per heavy atom. The molecule has 20 valence electrons. The molecule has 0 aromatic rings. The van der Waals surface area contributed by atoms with Gasteiger partial charge >= 0.3 is 68.9 Å². The fourth-order valence-corrected chi connectivity index (χ4v) is 0. The van der Waals surface area contributed by atoms with Gasteiger partial charge in [0.25, 0.3) is 0 Å². The van der Waals surface area contributed by atoms with E-state index in [1.165, 1.54) is 0 Å². The second-order valence-electron chi connectivity index (χ2n) is 0.408. The average molecular weight is 176 g/mol. The van der Waals surface area contributed by atoms with Crippen molar-refractivity contribution in [1.82, 2.24) is 0 Å². The van der Waals surface area contributed by atoms with Crippen molar-refractivity contribution in [3.63, 3.8) is 0 Å². The normalized spacial score (nSPS) is 3.25. The molecule has 0 bridgehead atoms. The van der Waals surface area contributed by atoms with Gasteiger partial charge in [-0.2, -0.15) is 0 Å². The van der Waals surface area contributed by atoms with Crippen molar-refractivity contribution < 1.29 is 0 Å². The summed E-state index contributed by atoms with van der Waals surface area (Å²) >= 11 is 0. The van der Waals surface area contributed by atoms with Crippen LogP contribution in [0.25, 0.3) is 0 Å². The van der Waals surface area contributed by atoms with Crippen molar-refractivity contribution in [3.05, 3.63) is 12.7 Å². The van der Waals surface area contributed by atoms with Crippen LogP contribution >= 0.6 is 0 Å². The quantitative estimate of drug-likeness (QED) is 0.472. The van der Waals surface area contributed by atoms with Crippen molar-refractivity contribution in [3.8, 4) is 0 Å². The molecule has 0 aromatic heterocycles. The van der Waals surface area contributed by atoms with Gasteiger partial charge in [-0.25, -0.2) is 0 Å².